The van der Waals surface area contributed by atoms with E-state index in [0.29, 0.717) is 23.9 Å². The summed E-state index contributed by atoms with van der Waals surface area (Å²) in [6.45, 7) is 2.97. The highest BCUT2D eigenvalue weighted by Crippen LogP contribution is 2.25. The summed E-state index contributed by atoms with van der Waals surface area (Å²) in [7, 11) is 0. The fraction of sp³-hybridized carbons (Fsp3) is 0.176. The molecule has 2 rings (SSSR count). The number of aryl methyl sites for hydroxylation is 1. The summed E-state index contributed by atoms with van der Waals surface area (Å²) in [5, 5.41) is 0.346. The summed E-state index contributed by atoms with van der Waals surface area (Å²) in [5.41, 5.74) is 7.77. The minimum atomic E-state index is -0.567. The number of pyridine rings is 1. The van der Waals surface area contributed by atoms with Crippen LogP contribution in [0.1, 0.15) is 21.5 Å². The van der Waals surface area contributed by atoms with E-state index in [2.05, 4.69) is 10.9 Å². The Balaban J connectivity index is 2.29. The van der Waals surface area contributed by atoms with Crippen molar-refractivity contribution in [3.8, 4) is 12.3 Å². The van der Waals surface area contributed by atoms with E-state index in [1.807, 2.05) is 36.1 Å². The Hall–Kier alpha value is -2.51. The Labute approximate surface area is 134 Å². The van der Waals surface area contributed by atoms with Gasteiger partial charge in [0, 0.05) is 12.7 Å². The zero-order valence-electron chi connectivity index (χ0n) is 12.2. The third-order valence-electron chi connectivity index (χ3n) is 3.18. The van der Waals surface area contributed by atoms with E-state index in [4.69, 9.17) is 23.8 Å². The van der Waals surface area contributed by atoms with Gasteiger partial charge in [-0.25, -0.2) is 4.98 Å². The Bertz CT molecular complexity index is 720. The van der Waals surface area contributed by atoms with Gasteiger partial charge in [0.2, 0.25) is 5.91 Å². The van der Waals surface area contributed by atoms with Crippen molar-refractivity contribution in [2.75, 3.05) is 11.4 Å². The first-order chi connectivity index (χ1) is 10.5. The van der Waals surface area contributed by atoms with Crippen molar-refractivity contribution in [3.05, 3.63) is 58.2 Å². The van der Waals surface area contributed by atoms with Crippen LogP contribution in [0.2, 0.25) is 5.02 Å². The molecule has 0 atom stereocenters. The molecule has 5 heteroatoms. The highest BCUT2D eigenvalue weighted by Gasteiger charge is 2.14. The predicted octanol–water partition coefficient (Wildman–Crippen LogP) is 2.78. The van der Waals surface area contributed by atoms with Crippen LogP contribution in [-0.4, -0.2) is 17.4 Å². The monoisotopic (exact) mass is 313 g/mol. The lowest BCUT2D eigenvalue weighted by Gasteiger charge is -2.22. The molecule has 2 aromatic rings. The van der Waals surface area contributed by atoms with Crippen LogP contribution in [-0.2, 0) is 6.54 Å². The van der Waals surface area contributed by atoms with Crippen molar-refractivity contribution in [3.63, 3.8) is 0 Å². The largest absolute Gasteiger partial charge is 0.366 e. The van der Waals surface area contributed by atoms with E-state index in [-0.39, 0.29) is 5.56 Å². The zero-order valence-corrected chi connectivity index (χ0v) is 13.0. The molecule has 1 aromatic heterocycles. The first kappa shape index (κ1) is 15.9. The molecule has 4 nitrogen and oxygen atoms in total. The van der Waals surface area contributed by atoms with Crippen LogP contribution in [0.5, 0.6) is 0 Å². The average molecular weight is 314 g/mol. The number of nitrogens with two attached hydrogens (primary N) is 1. The van der Waals surface area contributed by atoms with Crippen LogP contribution in [0.3, 0.4) is 0 Å². The maximum atomic E-state index is 11.2. The van der Waals surface area contributed by atoms with Crippen molar-refractivity contribution in [1.29, 1.82) is 0 Å². The highest BCUT2D eigenvalue weighted by molar-refractivity contribution is 6.33. The molecule has 1 aromatic carbocycles. The number of hydrogen-bond acceptors (Lipinski definition) is 3. The number of benzene rings is 1. The molecule has 22 heavy (non-hydrogen) atoms. The number of carbonyl (C=O) groups excluding carboxylic acids is 1. The summed E-state index contributed by atoms with van der Waals surface area (Å²) in [6.07, 6.45) is 6.84. The average Bonchev–Trinajstić information content (AvgIpc) is 2.49. The van der Waals surface area contributed by atoms with E-state index in [9.17, 15) is 4.79 Å². The van der Waals surface area contributed by atoms with Crippen LogP contribution in [0.15, 0.2) is 36.5 Å². The van der Waals surface area contributed by atoms with Crippen LogP contribution in [0.4, 0.5) is 5.82 Å². The minimum Gasteiger partial charge on any atom is -0.366 e. The number of nitrogens with zero attached hydrogens (tertiary/aromatic N) is 2. The predicted molar refractivity (Wildman–Crippen MR) is 88.8 cm³/mol. The summed E-state index contributed by atoms with van der Waals surface area (Å²) < 4.78 is 0. The smallest absolute Gasteiger partial charge is 0.250 e. The van der Waals surface area contributed by atoms with Crippen molar-refractivity contribution in [1.82, 2.24) is 4.98 Å². The van der Waals surface area contributed by atoms with Gasteiger partial charge in [-0.05, 0) is 18.6 Å². The quantitative estimate of drug-likeness (QED) is 0.864. The first-order valence-corrected chi connectivity index (χ1v) is 7.08. The number of halogens is 1. The molecular formula is C17H16ClN3O. The fourth-order valence-electron chi connectivity index (χ4n) is 2.03. The Morgan fingerprint density at radius 2 is 2.09 bits per heavy atom. The number of terminal acetylenes is 1. The van der Waals surface area contributed by atoms with Crippen molar-refractivity contribution >= 4 is 23.3 Å². The normalized spacial score (nSPS) is 10.0. The number of carbonyl (C=O) groups is 1. The topological polar surface area (TPSA) is 59.2 Å². The maximum Gasteiger partial charge on any atom is 0.250 e. The molecule has 0 radical (unpaired) electrons. The van der Waals surface area contributed by atoms with Crippen LogP contribution >= 0.6 is 11.6 Å². The van der Waals surface area contributed by atoms with Gasteiger partial charge in [-0.2, -0.15) is 0 Å². The molecule has 0 bridgehead atoms. The molecule has 0 saturated carbocycles. The Morgan fingerprint density at radius 3 is 2.64 bits per heavy atom. The van der Waals surface area contributed by atoms with Gasteiger partial charge in [-0.3, -0.25) is 4.79 Å². The molecule has 0 aliphatic carbocycles. The summed E-state index contributed by atoms with van der Waals surface area (Å²) in [5.74, 6) is 2.56. The van der Waals surface area contributed by atoms with E-state index < -0.39 is 5.91 Å². The van der Waals surface area contributed by atoms with Crippen LogP contribution in [0, 0.1) is 19.3 Å². The molecule has 0 fully saturated rings. The molecule has 0 aliphatic heterocycles. The van der Waals surface area contributed by atoms with Gasteiger partial charge in [0.05, 0.1) is 17.1 Å². The summed E-state index contributed by atoms with van der Waals surface area (Å²) >= 11 is 6.21. The third kappa shape index (κ3) is 3.78. The lowest BCUT2D eigenvalue weighted by molar-refractivity contribution is 0.1000. The summed E-state index contributed by atoms with van der Waals surface area (Å²) in [4.78, 5) is 17.3. The highest BCUT2D eigenvalue weighted by atomic mass is 35.5. The van der Waals surface area contributed by atoms with Crippen LogP contribution < -0.4 is 10.6 Å². The number of anilines is 1. The van der Waals surface area contributed by atoms with Gasteiger partial charge in [-0.15, -0.1) is 6.42 Å². The van der Waals surface area contributed by atoms with Gasteiger partial charge >= 0.3 is 0 Å². The second-order valence-corrected chi connectivity index (χ2v) is 5.35. The SMILES string of the molecule is C#CCN(Cc1ccc(C)cc1)c1ncc(C(N)=O)cc1Cl. The Kier molecular flexibility index (Phi) is 5.03. The van der Waals surface area contributed by atoms with Crippen molar-refractivity contribution in [2.45, 2.75) is 13.5 Å². The van der Waals surface area contributed by atoms with E-state index >= 15 is 0 Å². The lowest BCUT2D eigenvalue weighted by Crippen LogP contribution is -2.24. The molecule has 0 unspecified atom stereocenters. The van der Waals surface area contributed by atoms with Crippen molar-refractivity contribution in [2.24, 2.45) is 5.73 Å². The number of primary amides is 1. The van der Waals surface area contributed by atoms with Gasteiger partial charge in [0.25, 0.3) is 0 Å². The van der Waals surface area contributed by atoms with E-state index in [1.165, 1.54) is 17.8 Å². The first-order valence-electron chi connectivity index (χ1n) is 6.70. The molecular weight excluding hydrogens is 298 g/mol. The maximum absolute atomic E-state index is 11.2. The number of amides is 1. The molecule has 2 N–H and O–H groups in total. The zero-order chi connectivity index (χ0) is 16.1. The third-order valence-corrected chi connectivity index (χ3v) is 3.46. The Morgan fingerprint density at radius 1 is 1.41 bits per heavy atom. The molecule has 0 spiro atoms. The van der Waals surface area contributed by atoms with Gasteiger partial charge in [-0.1, -0.05) is 47.4 Å². The van der Waals surface area contributed by atoms with Gasteiger partial charge in [0.1, 0.15) is 5.82 Å². The van der Waals surface area contributed by atoms with Gasteiger partial charge in [0.15, 0.2) is 0 Å². The fourth-order valence-corrected chi connectivity index (χ4v) is 2.31. The summed E-state index contributed by atoms with van der Waals surface area (Å²) in [6, 6.07) is 9.64. The molecule has 1 heterocycles. The van der Waals surface area contributed by atoms with Crippen LogP contribution in [0.25, 0.3) is 0 Å². The number of hydrogen-bond donors (Lipinski definition) is 1. The second kappa shape index (κ2) is 6.97. The standard InChI is InChI=1S/C17H16ClN3O/c1-3-8-21(11-13-6-4-12(2)5-7-13)17-15(18)9-14(10-20-17)16(19)22/h1,4-7,9-10H,8,11H2,2H3,(H2,19,22). The lowest BCUT2D eigenvalue weighted by atomic mass is 10.1. The van der Waals surface area contributed by atoms with E-state index in [1.54, 1.807) is 0 Å². The van der Waals surface area contributed by atoms with Crippen molar-refractivity contribution < 1.29 is 4.79 Å². The van der Waals surface area contributed by atoms with Gasteiger partial charge < -0.3 is 10.6 Å². The minimum absolute atomic E-state index is 0.268. The number of aromatic nitrogens is 1. The molecule has 112 valence electrons. The molecule has 0 aliphatic rings. The molecule has 1 amide bonds. The number of rotatable bonds is 5. The second-order valence-electron chi connectivity index (χ2n) is 4.94. The molecule has 0 saturated heterocycles. The van der Waals surface area contributed by atoms with E-state index in [0.717, 1.165) is 5.56 Å².